The van der Waals surface area contributed by atoms with Gasteiger partial charge < -0.3 is 30.5 Å². The minimum Gasteiger partial charge on any atom is -1.00 e. The summed E-state index contributed by atoms with van der Waals surface area (Å²) in [4.78, 5) is 14.2. The second-order valence-corrected chi connectivity index (χ2v) is 2.83. The average molecular weight is 237 g/mol. The van der Waals surface area contributed by atoms with Gasteiger partial charge in [-0.25, -0.2) is 4.98 Å². The third-order valence-electron chi connectivity index (χ3n) is 1.85. The number of rotatable bonds is 2. The molecule has 0 amide bonds. The number of aryl methyl sites for hydroxylation is 1. The van der Waals surface area contributed by atoms with E-state index in [0.717, 1.165) is 23.5 Å². The third-order valence-corrected chi connectivity index (χ3v) is 1.85. The van der Waals surface area contributed by atoms with E-state index >= 15 is 0 Å². The number of hydrogen-bond acceptors (Lipinski definition) is 1. The number of aromatic nitrogens is 1. The van der Waals surface area contributed by atoms with Crippen molar-refractivity contribution in [1.82, 2.24) is 0 Å². The molecule has 0 unspecified atom stereocenters. The van der Waals surface area contributed by atoms with Crippen molar-refractivity contribution < 1.29 is 40.3 Å². The maximum Gasteiger partial charge on any atom is 0.234 e. The summed E-state index contributed by atoms with van der Waals surface area (Å²) < 4.78 is 0. The molecule has 3 nitrogen and oxygen atoms in total. The number of Topliss-reactive ketones (excluding diaryl/α,β-unsaturated/α-hetero) is 1. The van der Waals surface area contributed by atoms with E-state index in [1.165, 1.54) is 0 Å². The fourth-order valence-corrected chi connectivity index (χ4v) is 1.19. The Kier molecular flexibility index (Phi) is 7.64. The van der Waals surface area contributed by atoms with E-state index in [1.807, 2.05) is 19.1 Å². The molecule has 5 heteroatoms. The van der Waals surface area contributed by atoms with Crippen molar-refractivity contribution in [3.05, 3.63) is 29.1 Å². The van der Waals surface area contributed by atoms with E-state index in [4.69, 9.17) is 0 Å². The SMILES string of the molecule is CC(=O)c1ccc(C[NH3+])[nH+]c1C.[Cl-].[Cl-]. The standard InChI is InChI=1S/C9H12N2O.2ClH/c1-6-9(7(2)12)4-3-8(5-10)11-6;;/h3-4H,5,10H2,1-2H3;2*1H. The van der Waals surface area contributed by atoms with Crippen molar-refractivity contribution in [2.24, 2.45) is 0 Å². The molecule has 0 atom stereocenters. The largest absolute Gasteiger partial charge is 1.00 e. The Hall–Kier alpha value is -0.640. The van der Waals surface area contributed by atoms with Crippen molar-refractivity contribution in [3.63, 3.8) is 0 Å². The first-order valence-electron chi connectivity index (χ1n) is 3.97. The van der Waals surface area contributed by atoms with Gasteiger partial charge >= 0.3 is 0 Å². The van der Waals surface area contributed by atoms with Gasteiger partial charge in [0.05, 0.1) is 5.56 Å². The number of H-pyrrole nitrogens is 1. The maximum atomic E-state index is 11.0. The molecule has 0 fully saturated rings. The third kappa shape index (κ3) is 3.62. The van der Waals surface area contributed by atoms with Crippen LogP contribution in [0, 0.1) is 6.92 Å². The molecule has 14 heavy (non-hydrogen) atoms. The van der Waals surface area contributed by atoms with Gasteiger partial charge in [0.1, 0.15) is 0 Å². The van der Waals surface area contributed by atoms with E-state index < -0.39 is 0 Å². The lowest BCUT2D eigenvalue weighted by Gasteiger charge is -1.95. The van der Waals surface area contributed by atoms with Gasteiger partial charge in [0.25, 0.3) is 0 Å². The fraction of sp³-hybridized carbons (Fsp3) is 0.333. The highest BCUT2D eigenvalue weighted by Gasteiger charge is 2.11. The first kappa shape index (κ1) is 15.8. The molecule has 0 aliphatic heterocycles. The number of carbonyl (C=O) groups is 1. The van der Waals surface area contributed by atoms with Crippen LogP contribution in [0.2, 0.25) is 0 Å². The first-order valence-corrected chi connectivity index (χ1v) is 3.97. The molecule has 4 N–H and O–H groups in total. The molecule has 0 radical (unpaired) electrons. The number of nitrogens with one attached hydrogen (secondary N) is 1. The molecule has 0 spiro atoms. The van der Waals surface area contributed by atoms with Gasteiger partial charge in [-0.1, -0.05) is 0 Å². The van der Waals surface area contributed by atoms with Crippen molar-refractivity contribution in [2.45, 2.75) is 20.4 Å². The van der Waals surface area contributed by atoms with Crippen LogP contribution in [0.3, 0.4) is 0 Å². The van der Waals surface area contributed by atoms with Crippen molar-refractivity contribution in [1.29, 1.82) is 0 Å². The molecule has 1 rings (SSSR count). The summed E-state index contributed by atoms with van der Waals surface area (Å²) in [6.07, 6.45) is 0. The Balaban J connectivity index is 0. The summed E-state index contributed by atoms with van der Waals surface area (Å²) in [6, 6.07) is 3.74. The lowest BCUT2D eigenvalue weighted by atomic mass is 10.1. The van der Waals surface area contributed by atoms with Crippen LogP contribution < -0.4 is 35.5 Å². The Morgan fingerprint density at radius 2 is 2.00 bits per heavy atom. The molecule has 80 valence electrons. The van der Waals surface area contributed by atoms with Gasteiger partial charge in [-0.05, 0) is 13.0 Å². The summed E-state index contributed by atoms with van der Waals surface area (Å²) in [5.74, 6) is 0.0966. The number of hydrogen-bond donors (Lipinski definition) is 1. The molecule has 0 aliphatic carbocycles. The fourth-order valence-electron chi connectivity index (χ4n) is 1.19. The Labute approximate surface area is 95.9 Å². The van der Waals surface area contributed by atoms with Gasteiger partial charge in [-0.2, -0.15) is 0 Å². The zero-order valence-corrected chi connectivity index (χ0v) is 9.74. The quantitative estimate of drug-likeness (QED) is 0.511. The summed E-state index contributed by atoms with van der Waals surface area (Å²) >= 11 is 0. The number of pyridine rings is 1. The molecule has 0 bridgehead atoms. The predicted octanol–water partition coefficient (Wildman–Crippen LogP) is -6.24. The van der Waals surface area contributed by atoms with Gasteiger partial charge in [-0.15, -0.1) is 0 Å². The zero-order valence-electron chi connectivity index (χ0n) is 8.23. The molecule has 1 aromatic rings. The highest BCUT2D eigenvalue weighted by Crippen LogP contribution is 2.02. The number of halogens is 2. The minimum atomic E-state index is 0. The van der Waals surface area contributed by atoms with E-state index in [2.05, 4.69) is 10.7 Å². The van der Waals surface area contributed by atoms with Crippen LogP contribution in [0.5, 0.6) is 0 Å². The van der Waals surface area contributed by atoms with Crippen molar-refractivity contribution in [2.75, 3.05) is 0 Å². The van der Waals surface area contributed by atoms with Crippen molar-refractivity contribution >= 4 is 5.78 Å². The molecular formula is C9H14Cl2N2O. The minimum absolute atomic E-state index is 0. The molecule has 1 heterocycles. The van der Waals surface area contributed by atoms with E-state index in [9.17, 15) is 4.79 Å². The Bertz CT molecular complexity index is 316. The topological polar surface area (TPSA) is 58.9 Å². The normalized spacial score (nSPS) is 8.50. The smallest absolute Gasteiger partial charge is 0.234 e. The lowest BCUT2D eigenvalue weighted by Crippen LogP contribution is -3.00. The molecule has 0 saturated carbocycles. The number of ketones is 1. The van der Waals surface area contributed by atoms with E-state index in [0.29, 0.717) is 0 Å². The molecule has 1 aromatic heterocycles. The summed E-state index contributed by atoms with van der Waals surface area (Å²) in [7, 11) is 0. The van der Waals surface area contributed by atoms with Gasteiger partial charge in [0.15, 0.2) is 18.0 Å². The highest BCUT2D eigenvalue weighted by molar-refractivity contribution is 5.94. The van der Waals surface area contributed by atoms with Crippen LogP contribution in [-0.4, -0.2) is 5.78 Å². The van der Waals surface area contributed by atoms with Gasteiger partial charge in [-0.3, -0.25) is 4.79 Å². The number of carbonyl (C=O) groups excluding carboxylic acids is 1. The Morgan fingerprint density at radius 1 is 1.43 bits per heavy atom. The number of aromatic amines is 1. The first-order chi connectivity index (χ1) is 5.65. The molecule has 0 saturated heterocycles. The van der Waals surface area contributed by atoms with Crippen molar-refractivity contribution in [3.8, 4) is 0 Å². The van der Waals surface area contributed by atoms with Crippen LogP contribution in [0.4, 0.5) is 0 Å². The lowest BCUT2D eigenvalue weighted by molar-refractivity contribution is -0.461. The molecular weight excluding hydrogens is 223 g/mol. The van der Waals surface area contributed by atoms with Crippen LogP contribution in [0.25, 0.3) is 0 Å². The van der Waals surface area contributed by atoms with E-state index in [-0.39, 0.29) is 30.6 Å². The highest BCUT2D eigenvalue weighted by atomic mass is 35.5. The van der Waals surface area contributed by atoms with Gasteiger partial charge in [0.2, 0.25) is 5.69 Å². The predicted molar refractivity (Wildman–Crippen MR) is 44.3 cm³/mol. The van der Waals surface area contributed by atoms with Crippen LogP contribution >= 0.6 is 0 Å². The van der Waals surface area contributed by atoms with Gasteiger partial charge in [0, 0.05) is 13.0 Å². The second-order valence-electron chi connectivity index (χ2n) is 2.83. The molecule has 0 aromatic carbocycles. The summed E-state index contributed by atoms with van der Waals surface area (Å²) in [5.41, 5.74) is 6.49. The number of quaternary nitrogens is 1. The zero-order chi connectivity index (χ0) is 9.14. The van der Waals surface area contributed by atoms with Crippen LogP contribution in [0.15, 0.2) is 12.1 Å². The molecule has 0 aliphatic rings. The second kappa shape index (κ2) is 6.76. The summed E-state index contributed by atoms with van der Waals surface area (Å²) in [5, 5.41) is 0. The maximum absolute atomic E-state index is 11.0. The van der Waals surface area contributed by atoms with Crippen LogP contribution in [0.1, 0.15) is 28.7 Å². The van der Waals surface area contributed by atoms with Crippen LogP contribution in [-0.2, 0) is 6.54 Å². The Morgan fingerprint density at radius 3 is 2.36 bits per heavy atom. The average Bonchev–Trinajstić information content (AvgIpc) is 2.03. The summed E-state index contributed by atoms with van der Waals surface area (Å²) in [6.45, 7) is 4.19. The monoisotopic (exact) mass is 236 g/mol. The van der Waals surface area contributed by atoms with E-state index in [1.54, 1.807) is 6.92 Å².